The van der Waals surface area contributed by atoms with Gasteiger partial charge in [0, 0.05) is 51.0 Å². The van der Waals surface area contributed by atoms with Crippen molar-refractivity contribution < 1.29 is 25.3 Å². The van der Waals surface area contributed by atoms with Crippen molar-refractivity contribution in [3.63, 3.8) is 0 Å². The van der Waals surface area contributed by atoms with Crippen LogP contribution in [0.15, 0.2) is 49.1 Å². The molecule has 0 atom stereocenters. The van der Waals surface area contributed by atoms with Crippen molar-refractivity contribution in [1.29, 1.82) is 0 Å². The molecule has 212 valence electrons. The predicted octanol–water partition coefficient (Wildman–Crippen LogP) is 3.40. The Kier molecular flexibility index (Phi) is 15.7. The maximum absolute atomic E-state index is 8.50. The number of hydrogen-bond acceptors (Lipinski definition) is 12. The van der Waals surface area contributed by atoms with E-state index in [2.05, 4.69) is 49.6 Å². The quantitative estimate of drug-likeness (QED) is 0.145. The third-order valence-electron chi connectivity index (χ3n) is 5.21. The van der Waals surface area contributed by atoms with Gasteiger partial charge in [-0.15, -0.1) is 25.3 Å². The van der Waals surface area contributed by atoms with Crippen LogP contribution in [0, 0.1) is 0 Å². The van der Waals surface area contributed by atoms with Crippen molar-refractivity contribution >= 4 is 117 Å². The second-order valence-electron chi connectivity index (χ2n) is 7.67. The molecule has 0 amide bonds. The van der Waals surface area contributed by atoms with Crippen LogP contribution in [-0.4, -0.2) is 84.0 Å². The fourth-order valence-electron chi connectivity index (χ4n) is 3.72. The zero-order valence-electron chi connectivity index (χ0n) is 20.4. The minimum absolute atomic E-state index is 0.318. The van der Waals surface area contributed by atoms with Crippen molar-refractivity contribution in [3.05, 3.63) is 49.1 Å². The first-order valence-corrected chi connectivity index (χ1v) is 16.3. The molecule has 0 fully saturated rings. The van der Waals surface area contributed by atoms with Gasteiger partial charge in [0.2, 0.25) is 0 Å². The van der Waals surface area contributed by atoms with Crippen molar-refractivity contribution in [2.45, 2.75) is 25.7 Å². The number of rotatable bonds is 4. The summed E-state index contributed by atoms with van der Waals surface area (Å²) < 4.78 is 18.5. The van der Waals surface area contributed by atoms with E-state index >= 15 is 0 Å². The molecule has 39 heavy (non-hydrogen) atoms. The van der Waals surface area contributed by atoms with Crippen LogP contribution in [-0.2, 0) is 50.5 Å². The summed E-state index contributed by atoms with van der Waals surface area (Å²) in [5, 5.41) is 14.7. The first-order chi connectivity index (χ1) is 18.6. The molecule has 0 unspecified atom stereocenters. The number of hydrogen-bond donors (Lipinski definition) is 2. The second kappa shape index (κ2) is 17.8. The van der Waals surface area contributed by atoms with Gasteiger partial charge in [-0.2, -0.15) is 20.5 Å². The molecule has 4 rings (SSSR count). The molecule has 0 aliphatic carbocycles. The molecule has 10 nitrogen and oxygen atoms in total. The summed E-state index contributed by atoms with van der Waals surface area (Å²) in [6.45, 7) is 3.35. The van der Waals surface area contributed by atoms with Gasteiger partial charge in [0.15, 0.2) is 8.64 Å². The Bertz CT molecular complexity index is 918. The molecular formula is C20H26MoN8O2S8. The third-order valence-corrected chi connectivity index (χ3v) is 6.55. The van der Waals surface area contributed by atoms with E-state index in [0.717, 1.165) is 51.9 Å². The number of hydrazine groups is 6. The van der Waals surface area contributed by atoms with E-state index in [0.29, 0.717) is 17.3 Å². The Morgan fingerprint density at radius 2 is 0.821 bits per heavy atom. The van der Waals surface area contributed by atoms with Crippen LogP contribution in [0.4, 0.5) is 0 Å². The summed E-state index contributed by atoms with van der Waals surface area (Å²) >= 11 is 37.6. The standard InChI is InChI=1S/2C10H14N4S4.Mo.2O/c2*15-9(16)13(11-5-1-2-6-11)14(10(17)18)12-7-3-4-8-12;;;/h2*1,3,5,7H,2,4,6,8H2,(H,15,16)(H,17,18);;;/q;;+2;;/p-2. The second-order valence-corrected chi connectivity index (χ2v) is 12.3. The van der Waals surface area contributed by atoms with Crippen LogP contribution in [0.3, 0.4) is 0 Å². The minimum atomic E-state index is -2.03. The van der Waals surface area contributed by atoms with E-state index in [-0.39, 0.29) is 0 Å². The van der Waals surface area contributed by atoms with Crippen LogP contribution in [0.1, 0.15) is 25.7 Å². The zero-order valence-corrected chi connectivity index (χ0v) is 29.1. The molecule has 0 bridgehead atoms. The average Bonchev–Trinajstić information content (AvgIpc) is 3.70. The summed E-state index contributed by atoms with van der Waals surface area (Å²) in [4.78, 5) is 0. The molecule has 0 aromatic carbocycles. The van der Waals surface area contributed by atoms with Gasteiger partial charge in [0.05, 0.1) is 0 Å². The van der Waals surface area contributed by atoms with Crippen LogP contribution in [0.2, 0.25) is 0 Å². The van der Waals surface area contributed by atoms with Crippen molar-refractivity contribution in [2.75, 3.05) is 26.2 Å². The summed E-state index contributed by atoms with van der Waals surface area (Å²) in [6, 6.07) is 0. The Balaban J connectivity index is 0.000000249. The Morgan fingerprint density at radius 1 is 0.590 bits per heavy atom. The van der Waals surface area contributed by atoms with E-state index < -0.39 is 18.5 Å². The SMILES string of the molecule is S=C([S-])N(N1C=CCC1)N(C(=S)S)N1C=CCC1.S=C([S-])N(N1C=CCC1)N(C(=S)S)N1C=CCC1.[O]=[Mo+2]=[O]. The molecule has 0 spiro atoms. The number of thiocarbonyl (C=S) groups is 4. The summed E-state index contributed by atoms with van der Waals surface area (Å²) in [5.41, 5.74) is 0. The van der Waals surface area contributed by atoms with Gasteiger partial charge in [0.1, 0.15) is 0 Å². The number of nitrogens with zero attached hydrogens (tertiary/aromatic N) is 8. The first-order valence-electron chi connectivity index (χ1n) is 11.4. The van der Waals surface area contributed by atoms with Gasteiger partial charge in [-0.1, -0.05) is 24.3 Å². The topological polar surface area (TPSA) is 60.1 Å². The van der Waals surface area contributed by atoms with E-state index in [1.807, 2.05) is 44.8 Å². The monoisotopic (exact) mass is 764 g/mol. The van der Waals surface area contributed by atoms with Crippen molar-refractivity contribution in [1.82, 2.24) is 40.5 Å². The van der Waals surface area contributed by atoms with E-state index in [1.54, 1.807) is 20.5 Å². The Labute approximate surface area is 280 Å². The van der Waals surface area contributed by atoms with Gasteiger partial charge in [-0.3, -0.25) is 20.0 Å². The summed E-state index contributed by atoms with van der Waals surface area (Å²) in [6.07, 6.45) is 20.0. The van der Waals surface area contributed by atoms with Gasteiger partial charge < -0.3 is 49.7 Å². The molecule has 4 heterocycles. The molecule has 0 N–H and O–H groups in total. The fraction of sp³-hybridized carbons (Fsp3) is 0.400. The summed E-state index contributed by atoms with van der Waals surface area (Å²) in [5.74, 6) is 0. The predicted molar refractivity (Wildman–Crippen MR) is 174 cm³/mol. The van der Waals surface area contributed by atoms with Gasteiger partial charge >= 0.3 is 25.3 Å². The normalized spacial score (nSPS) is 16.3. The van der Waals surface area contributed by atoms with Crippen LogP contribution >= 0.6 is 74.1 Å². The molecule has 19 heteroatoms. The summed E-state index contributed by atoms with van der Waals surface area (Å²) in [7, 11) is 0. The van der Waals surface area contributed by atoms with Crippen LogP contribution in [0.25, 0.3) is 0 Å². The molecule has 0 aromatic heterocycles. The molecule has 0 saturated heterocycles. The van der Waals surface area contributed by atoms with Crippen LogP contribution in [0.5, 0.6) is 0 Å². The van der Waals surface area contributed by atoms with Crippen molar-refractivity contribution in [3.8, 4) is 0 Å². The van der Waals surface area contributed by atoms with E-state index in [9.17, 15) is 0 Å². The number of thiol groups is 2. The van der Waals surface area contributed by atoms with E-state index in [1.165, 1.54) is 0 Å². The fourth-order valence-corrected chi connectivity index (χ4v) is 5.22. The average molecular weight is 763 g/mol. The van der Waals surface area contributed by atoms with Crippen LogP contribution < -0.4 is 0 Å². The molecular weight excluding hydrogens is 737 g/mol. The third kappa shape index (κ3) is 10.2. The van der Waals surface area contributed by atoms with Gasteiger partial charge in [-0.25, -0.2) is 0 Å². The molecule has 4 aliphatic heterocycles. The Morgan fingerprint density at radius 3 is 0.974 bits per heavy atom. The van der Waals surface area contributed by atoms with Crippen molar-refractivity contribution in [2.24, 2.45) is 0 Å². The Hall–Kier alpha value is -0.852. The zero-order chi connectivity index (χ0) is 28.9. The maximum atomic E-state index is 8.50. The van der Waals surface area contributed by atoms with Gasteiger partial charge in [0.25, 0.3) is 0 Å². The van der Waals surface area contributed by atoms with E-state index in [4.69, 9.17) is 80.9 Å². The van der Waals surface area contributed by atoms with Gasteiger partial charge in [-0.05, 0) is 58.8 Å². The molecule has 0 aromatic rings. The first kappa shape index (κ1) is 34.4. The molecule has 0 saturated carbocycles. The molecule has 4 aliphatic rings. The molecule has 0 radical (unpaired) electrons.